The lowest BCUT2D eigenvalue weighted by Crippen LogP contribution is -2.48. The summed E-state index contributed by atoms with van der Waals surface area (Å²) >= 11 is 3.48. The van der Waals surface area contributed by atoms with Crippen molar-refractivity contribution in [1.29, 1.82) is 5.26 Å². The van der Waals surface area contributed by atoms with Crippen LogP contribution in [0, 0.1) is 28.6 Å². The molecule has 2 aliphatic rings. The monoisotopic (exact) mass is 333 g/mol. The van der Waals surface area contributed by atoms with Gasteiger partial charge in [-0.25, -0.2) is 0 Å². The summed E-state index contributed by atoms with van der Waals surface area (Å²) in [4.78, 5) is 0. The lowest BCUT2D eigenvalue weighted by molar-refractivity contribution is -0.0916. The fraction of sp³-hybridized carbons (Fsp3) is 0.588. The Morgan fingerprint density at radius 3 is 2.80 bits per heavy atom. The molecule has 0 heterocycles. The standard InChI is InChI=1S/C17H20BrNO/c1-2-17(20,14-4-3-5-15(18)9-14)16(11-19)10-12-6-7-13(16)8-12/h3-5,9,12-13,20H,2,6-8,10H2,1H3. The van der Waals surface area contributed by atoms with Gasteiger partial charge in [0, 0.05) is 4.47 Å². The van der Waals surface area contributed by atoms with E-state index in [2.05, 4.69) is 22.0 Å². The summed E-state index contributed by atoms with van der Waals surface area (Å²) in [6, 6.07) is 10.4. The molecule has 2 fully saturated rings. The molecule has 4 unspecified atom stereocenters. The third-order valence-corrected chi connectivity index (χ3v) is 6.09. The molecule has 0 radical (unpaired) electrons. The number of benzene rings is 1. The van der Waals surface area contributed by atoms with Gasteiger partial charge in [-0.1, -0.05) is 41.4 Å². The number of nitriles is 1. The van der Waals surface area contributed by atoms with E-state index in [9.17, 15) is 10.4 Å². The Labute approximate surface area is 128 Å². The minimum atomic E-state index is -1.04. The predicted molar refractivity (Wildman–Crippen MR) is 81.8 cm³/mol. The van der Waals surface area contributed by atoms with Crippen molar-refractivity contribution in [1.82, 2.24) is 0 Å². The zero-order chi connectivity index (χ0) is 14.4. The zero-order valence-corrected chi connectivity index (χ0v) is 13.4. The molecule has 0 spiro atoms. The molecule has 0 saturated heterocycles. The Balaban J connectivity index is 2.10. The maximum atomic E-state index is 11.4. The third kappa shape index (κ3) is 1.78. The fourth-order valence-corrected chi connectivity index (χ4v) is 4.99. The minimum absolute atomic E-state index is 0.349. The van der Waals surface area contributed by atoms with Crippen molar-refractivity contribution < 1.29 is 5.11 Å². The number of rotatable bonds is 3. The Bertz CT molecular complexity index is 566. The zero-order valence-electron chi connectivity index (χ0n) is 11.8. The van der Waals surface area contributed by atoms with Crippen molar-refractivity contribution in [2.24, 2.45) is 17.3 Å². The molecule has 0 aliphatic heterocycles. The highest BCUT2D eigenvalue weighted by atomic mass is 79.9. The van der Waals surface area contributed by atoms with Gasteiger partial charge in [-0.05, 0) is 55.2 Å². The van der Waals surface area contributed by atoms with Gasteiger partial charge >= 0.3 is 0 Å². The van der Waals surface area contributed by atoms with Gasteiger partial charge in [0.25, 0.3) is 0 Å². The number of hydrogen-bond donors (Lipinski definition) is 1. The number of fused-ring (bicyclic) bond motifs is 2. The van der Waals surface area contributed by atoms with E-state index >= 15 is 0 Å². The number of hydrogen-bond acceptors (Lipinski definition) is 2. The first kappa shape index (κ1) is 14.1. The first-order valence-corrected chi connectivity index (χ1v) is 8.24. The molecule has 3 heteroatoms. The molecular formula is C17H20BrNO. The normalized spacial score (nSPS) is 34.7. The molecule has 1 aromatic rings. The van der Waals surface area contributed by atoms with Gasteiger partial charge < -0.3 is 5.11 Å². The molecule has 106 valence electrons. The largest absolute Gasteiger partial charge is 0.383 e. The molecule has 1 aromatic carbocycles. The average Bonchev–Trinajstić information content (AvgIpc) is 3.07. The summed E-state index contributed by atoms with van der Waals surface area (Å²) in [5.41, 5.74) is -0.764. The summed E-state index contributed by atoms with van der Waals surface area (Å²) in [6.07, 6.45) is 4.87. The van der Waals surface area contributed by atoms with Crippen molar-refractivity contribution in [3.05, 3.63) is 34.3 Å². The third-order valence-electron chi connectivity index (χ3n) is 5.60. The molecule has 4 atom stereocenters. The number of aliphatic hydroxyl groups is 1. The van der Waals surface area contributed by atoms with Gasteiger partial charge in [0.15, 0.2) is 0 Å². The maximum absolute atomic E-state index is 11.4. The van der Waals surface area contributed by atoms with Crippen LogP contribution in [0.15, 0.2) is 28.7 Å². The van der Waals surface area contributed by atoms with Crippen LogP contribution in [0.1, 0.15) is 44.6 Å². The SMILES string of the molecule is CCC(O)(c1cccc(Br)c1)C1(C#N)CC2CCC1C2. The van der Waals surface area contributed by atoms with Crippen LogP contribution in [0.3, 0.4) is 0 Å². The van der Waals surface area contributed by atoms with Crippen molar-refractivity contribution in [2.45, 2.75) is 44.6 Å². The molecule has 20 heavy (non-hydrogen) atoms. The van der Waals surface area contributed by atoms with E-state index < -0.39 is 11.0 Å². The van der Waals surface area contributed by atoms with Crippen molar-refractivity contribution in [3.8, 4) is 6.07 Å². The number of nitrogens with zero attached hydrogens (tertiary/aromatic N) is 1. The van der Waals surface area contributed by atoms with E-state index in [4.69, 9.17) is 0 Å². The Kier molecular flexibility index (Phi) is 3.43. The predicted octanol–water partition coefficient (Wildman–Crippen LogP) is 4.38. The second-order valence-electron chi connectivity index (χ2n) is 6.39. The van der Waals surface area contributed by atoms with Gasteiger partial charge in [0.1, 0.15) is 5.60 Å². The van der Waals surface area contributed by atoms with E-state index in [1.807, 2.05) is 31.2 Å². The lowest BCUT2D eigenvalue weighted by Gasteiger charge is -2.45. The van der Waals surface area contributed by atoms with Crippen LogP contribution in [0.4, 0.5) is 0 Å². The summed E-state index contributed by atoms with van der Waals surface area (Å²) in [7, 11) is 0. The molecule has 2 nitrogen and oxygen atoms in total. The van der Waals surface area contributed by atoms with E-state index in [1.54, 1.807) is 0 Å². The highest BCUT2D eigenvalue weighted by Gasteiger charge is 2.62. The Morgan fingerprint density at radius 1 is 1.50 bits per heavy atom. The highest BCUT2D eigenvalue weighted by Crippen LogP contribution is 2.63. The first-order chi connectivity index (χ1) is 9.55. The molecule has 2 saturated carbocycles. The molecule has 1 N–H and O–H groups in total. The van der Waals surface area contributed by atoms with Gasteiger partial charge in [-0.2, -0.15) is 5.26 Å². The Hall–Kier alpha value is -0.850. The molecule has 2 bridgehead atoms. The van der Waals surface area contributed by atoms with Gasteiger partial charge in [0.05, 0.1) is 11.5 Å². The fourth-order valence-electron chi connectivity index (χ4n) is 4.59. The van der Waals surface area contributed by atoms with E-state index in [0.29, 0.717) is 18.3 Å². The van der Waals surface area contributed by atoms with Gasteiger partial charge in [-0.3, -0.25) is 0 Å². The van der Waals surface area contributed by atoms with E-state index in [1.165, 1.54) is 6.42 Å². The van der Waals surface area contributed by atoms with Gasteiger partial charge in [0.2, 0.25) is 0 Å². The summed E-state index contributed by atoms with van der Waals surface area (Å²) < 4.78 is 0.957. The minimum Gasteiger partial charge on any atom is -0.383 e. The van der Waals surface area contributed by atoms with Crippen LogP contribution in [0.25, 0.3) is 0 Å². The molecule has 0 amide bonds. The molecule has 2 aliphatic carbocycles. The topological polar surface area (TPSA) is 44.0 Å². The number of halogens is 1. The average molecular weight is 334 g/mol. The van der Waals surface area contributed by atoms with Crippen LogP contribution in [0.2, 0.25) is 0 Å². The first-order valence-electron chi connectivity index (χ1n) is 7.45. The molecular weight excluding hydrogens is 314 g/mol. The van der Waals surface area contributed by atoms with Crippen LogP contribution >= 0.6 is 15.9 Å². The lowest BCUT2D eigenvalue weighted by atomic mass is 9.60. The summed E-state index contributed by atoms with van der Waals surface area (Å²) in [6.45, 7) is 1.99. The van der Waals surface area contributed by atoms with Gasteiger partial charge in [-0.15, -0.1) is 0 Å². The highest BCUT2D eigenvalue weighted by molar-refractivity contribution is 9.10. The van der Waals surface area contributed by atoms with E-state index in [0.717, 1.165) is 29.3 Å². The second-order valence-corrected chi connectivity index (χ2v) is 7.30. The van der Waals surface area contributed by atoms with Crippen LogP contribution in [-0.2, 0) is 5.60 Å². The summed E-state index contributed by atoms with van der Waals surface area (Å²) in [5.74, 6) is 0.978. The van der Waals surface area contributed by atoms with Crippen LogP contribution in [-0.4, -0.2) is 5.11 Å². The molecule has 3 rings (SSSR count). The van der Waals surface area contributed by atoms with E-state index in [-0.39, 0.29) is 0 Å². The Morgan fingerprint density at radius 2 is 2.30 bits per heavy atom. The van der Waals surface area contributed by atoms with Crippen molar-refractivity contribution >= 4 is 15.9 Å². The summed E-state index contributed by atoms with van der Waals surface area (Å²) in [5, 5.41) is 21.4. The molecule has 0 aromatic heterocycles. The quantitative estimate of drug-likeness (QED) is 0.892. The second kappa shape index (κ2) is 4.86. The van der Waals surface area contributed by atoms with Crippen molar-refractivity contribution in [3.63, 3.8) is 0 Å². The van der Waals surface area contributed by atoms with Crippen LogP contribution < -0.4 is 0 Å². The van der Waals surface area contributed by atoms with Crippen molar-refractivity contribution in [2.75, 3.05) is 0 Å². The smallest absolute Gasteiger partial charge is 0.108 e. The van der Waals surface area contributed by atoms with Crippen LogP contribution in [0.5, 0.6) is 0 Å². The maximum Gasteiger partial charge on any atom is 0.108 e.